The molecule has 28 heavy (non-hydrogen) atoms. The van der Waals surface area contributed by atoms with E-state index in [9.17, 15) is 9.59 Å². The number of aryl methyl sites for hydroxylation is 1. The third-order valence-electron chi connectivity index (χ3n) is 4.35. The highest BCUT2D eigenvalue weighted by molar-refractivity contribution is 5.90. The van der Waals surface area contributed by atoms with E-state index in [1.165, 1.54) is 6.07 Å². The van der Waals surface area contributed by atoms with Crippen LogP contribution in [0.4, 0.5) is 0 Å². The number of nitrogens with zero attached hydrogens (tertiary/aromatic N) is 1. The number of nitrogens with one attached hydrogen (secondary N) is 1. The van der Waals surface area contributed by atoms with E-state index < -0.39 is 0 Å². The van der Waals surface area contributed by atoms with Crippen molar-refractivity contribution < 1.29 is 18.4 Å². The maximum atomic E-state index is 12.5. The Kier molecular flexibility index (Phi) is 5.84. The fraction of sp³-hybridized carbons (Fsp3) is 0.333. The van der Waals surface area contributed by atoms with Crippen LogP contribution in [0.1, 0.15) is 11.3 Å². The summed E-state index contributed by atoms with van der Waals surface area (Å²) in [5, 5.41) is 2.88. The standard InChI is InChI=1S/C21H24N2O5/c1-13-11-17(24)21-20(27-13)16(12-18(25)22-9-10-23(2)3)19(28-21)14-5-7-15(26-4)8-6-14/h5-8,11H,9-10,12H2,1-4H3,(H,22,25). The molecule has 2 aromatic heterocycles. The zero-order valence-corrected chi connectivity index (χ0v) is 16.5. The van der Waals surface area contributed by atoms with Crippen LogP contribution in [-0.4, -0.2) is 45.1 Å². The van der Waals surface area contributed by atoms with Gasteiger partial charge in [-0.3, -0.25) is 9.59 Å². The number of benzene rings is 1. The third-order valence-corrected chi connectivity index (χ3v) is 4.35. The molecule has 1 amide bonds. The van der Waals surface area contributed by atoms with E-state index in [1.54, 1.807) is 26.2 Å². The zero-order chi connectivity index (χ0) is 20.3. The Morgan fingerprint density at radius 1 is 1.14 bits per heavy atom. The van der Waals surface area contributed by atoms with Crippen LogP contribution in [0.15, 0.2) is 44.0 Å². The molecule has 3 rings (SSSR count). The van der Waals surface area contributed by atoms with Gasteiger partial charge in [-0.15, -0.1) is 0 Å². The van der Waals surface area contributed by atoms with Gasteiger partial charge in [0.15, 0.2) is 5.58 Å². The molecule has 0 aliphatic heterocycles. The highest BCUT2D eigenvalue weighted by Gasteiger charge is 2.22. The van der Waals surface area contributed by atoms with Gasteiger partial charge in [0.25, 0.3) is 0 Å². The predicted molar refractivity (Wildman–Crippen MR) is 107 cm³/mol. The van der Waals surface area contributed by atoms with Crippen molar-refractivity contribution in [3.63, 3.8) is 0 Å². The second-order valence-corrected chi connectivity index (χ2v) is 6.85. The maximum absolute atomic E-state index is 12.5. The molecule has 7 nitrogen and oxygen atoms in total. The van der Waals surface area contributed by atoms with Crippen molar-refractivity contribution in [3.05, 3.63) is 51.9 Å². The van der Waals surface area contributed by atoms with Gasteiger partial charge < -0.3 is 23.8 Å². The second-order valence-electron chi connectivity index (χ2n) is 6.85. The number of hydrogen-bond donors (Lipinski definition) is 1. The van der Waals surface area contributed by atoms with Crippen LogP contribution < -0.4 is 15.5 Å². The van der Waals surface area contributed by atoms with E-state index in [-0.39, 0.29) is 23.3 Å². The summed E-state index contributed by atoms with van der Waals surface area (Å²) < 4.78 is 16.8. The Labute approximate surface area is 162 Å². The van der Waals surface area contributed by atoms with E-state index in [0.29, 0.717) is 35.0 Å². The molecule has 0 aliphatic rings. The van der Waals surface area contributed by atoms with Gasteiger partial charge in [-0.25, -0.2) is 0 Å². The van der Waals surface area contributed by atoms with E-state index >= 15 is 0 Å². The van der Waals surface area contributed by atoms with Gasteiger partial charge in [-0.2, -0.15) is 0 Å². The van der Waals surface area contributed by atoms with Gasteiger partial charge in [0.2, 0.25) is 16.9 Å². The summed E-state index contributed by atoms with van der Waals surface area (Å²) in [5.41, 5.74) is 1.46. The maximum Gasteiger partial charge on any atom is 0.228 e. The highest BCUT2D eigenvalue weighted by atomic mass is 16.5. The predicted octanol–water partition coefficient (Wildman–Crippen LogP) is 2.59. The van der Waals surface area contributed by atoms with Gasteiger partial charge in [-0.05, 0) is 45.3 Å². The first-order chi connectivity index (χ1) is 13.4. The summed E-state index contributed by atoms with van der Waals surface area (Å²) in [5.74, 6) is 1.46. The molecule has 0 saturated heterocycles. The largest absolute Gasteiger partial charge is 0.497 e. The van der Waals surface area contributed by atoms with Crippen molar-refractivity contribution in [2.45, 2.75) is 13.3 Å². The number of methoxy groups -OCH3 is 1. The van der Waals surface area contributed by atoms with Crippen molar-refractivity contribution in [1.29, 1.82) is 0 Å². The average molecular weight is 384 g/mol. The summed E-state index contributed by atoms with van der Waals surface area (Å²) in [6.07, 6.45) is 0.0498. The molecule has 0 unspecified atom stereocenters. The number of fused-ring (bicyclic) bond motifs is 1. The molecule has 0 bridgehead atoms. The second kappa shape index (κ2) is 8.31. The minimum absolute atomic E-state index is 0.0498. The van der Waals surface area contributed by atoms with Gasteiger partial charge in [0, 0.05) is 24.7 Å². The van der Waals surface area contributed by atoms with Crippen LogP contribution >= 0.6 is 0 Å². The summed E-state index contributed by atoms with van der Waals surface area (Å²) in [6, 6.07) is 8.61. The van der Waals surface area contributed by atoms with Crippen LogP contribution in [0.25, 0.3) is 22.5 Å². The zero-order valence-electron chi connectivity index (χ0n) is 16.5. The number of carbonyl (C=O) groups is 1. The van der Waals surface area contributed by atoms with Gasteiger partial charge >= 0.3 is 0 Å². The van der Waals surface area contributed by atoms with Crippen molar-refractivity contribution in [2.75, 3.05) is 34.3 Å². The third kappa shape index (κ3) is 4.26. The Balaban J connectivity index is 2.02. The van der Waals surface area contributed by atoms with E-state index in [1.807, 2.05) is 31.1 Å². The molecule has 1 N–H and O–H groups in total. The van der Waals surface area contributed by atoms with Crippen LogP contribution in [0.3, 0.4) is 0 Å². The average Bonchev–Trinajstić information content (AvgIpc) is 3.00. The SMILES string of the molecule is COc1ccc(-c2oc3c(=O)cc(C)oc3c2CC(=O)NCCN(C)C)cc1. The first-order valence-electron chi connectivity index (χ1n) is 9.01. The topological polar surface area (TPSA) is 84.9 Å². The van der Waals surface area contributed by atoms with Crippen molar-refractivity contribution in [2.24, 2.45) is 0 Å². The Bertz CT molecular complexity index is 1030. The number of carbonyl (C=O) groups excluding carboxylic acids is 1. The van der Waals surface area contributed by atoms with E-state index in [4.69, 9.17) is 13.6 Å². The summed E-state index contributed by atoms with van der Waals surface area (Å²) in [6.45, 7) is 2.96. The molecule has 0 aliphatic carbocycles. The van der Waals surface area contributed by atoms with Crippen LogP contribution in [0.5, 0.6) is 5.75 Å². The fourth-order valence-electron chi connectivity index (χ4n) is 2.94. The highest BCUT2D eigenvalue weighted by Crippen LogP contribution is 2.34. The molecular formula is C21H24N2O5. The van der Waals surface area contributed by atoms with E-state index in [0.717, 1.165) is 12.1 Å². The lowest BCUT2D eigenvalue weighted by molar-refractivity contribution is -0.120. The Hall–Kier alpha value is -3.06. The van der Waals surface area contributed by atoms with Crippen LogP contribution in [-0.2, 0) is 11.2 Å². The lowest BCUT2D eigenvalue weighted by atomic mass is 10.1. The number of likely N-dealkylation sites (N-methyl/N-ethyl adjacent to an activating group) is 1. The smallest absolute Gasteiger partial charge is 0.228 e. The van der Waals surface area contributed by atoms with Crippen molar-refractivity contribution in [3.8, 4) is 17.1 Å². The number of ether oxygens (including phenoxy) is 1. The van der Waals surface area contributed by atoms with Gasteiger partial charge in [0.05, 0.1) is 19.1 Å². The number of rotatable bonds is 7. The minimum Gasteiger partial charge on any atom is -0.497 e. The van der Waals surface area contributed by atoms with Crippen LogP contribution in [0, 0.1) is 6.92 Å². The lowest BCUT2D eigenvalue weighted by Crippen LogP contribution is -2.32. The number of hydrogen-bond acceptors (Lipinski definition) is 6. The van der Waals surface area contributed by atoms with Gasteiger partial charge in [-0.1, -0.05) is 0 Å². The van der Waals surface area contributed by atoms with E-state index in [2.05, 4.69) is 5.32 Å². The summed E-state index contributed by atoms with van der Waals surface area (Å²) in [7, 11) is 5.47. The van der Waals surface area contributed by atoms with Crippen LogP contribution in [0.2, 0.25) is 0 Å². The molecule has 0 saturated carbocycles. The molecule has 7 heteroatoms. The molecule has 0 fully saturated rings. The summed E-state index contributed by atoms with van der Waals surface area (Å²) in [4.78, 5) is 26.8. The Morgan fingerprint density at radius 3 is 2.50 bits per heavy atom. The first kappa shape index (κ1) is 19.7. The molecule has 3 aromatic rings. The quantitative estimate of drug-likeness (QED) is 0.674. The summed E-state index contributed by atoms with van der Waals surface area (Å²) >= 11 is 0. The molecule has 148 valence electrons. The van der Waals surface area contributed by atoms with Crippen molar-refractivity contribution >= 4 is 17.1 Å². The normalized spacial score (nSPS) is 11.2. The first-order valence-corrected chi connectivity index (χ1v) is 9.01. The molecule has 1 aromatic carbocycles. The minimum atomic E-state index is -0.271. The molecule has 0 atom stereocenters. The van der Waals surface area contributed by atoms with Gasteiger partial charge in [0.1, 0.15) is 17.3 Å². The monoisotopic (exact) mass is 384 g/mol. The Morgan fingerprint density at radius 2 is 1.86 bits per heavy atom. The molecular weight excluding hydrogens is 360 g/mol. The number of furan rings is 1. The fourth-order valence-corrected chi connectivity index (χ4v) is 2.94. The number of amides is 1. The lowest BCUT2D eigenvalue weighted by Gasteiger charge is -2.10. The molecule has 0 radical (unpaired) electrons. The van der Waals surface area contributed by atoms with Crippen molar-refractivity contribution in [1.82, 2.24) is 10.2 Å². The molecule has 0 spiro atoms. The molecule has 2 heterocycles.